The van der Waals surface area contributed by atoms with Crippen LogP contribution in [-0.4, -0.2) is 35.3 Å². The molecule has 7 heteroatoms. The van der Waals surface area contributed by atoms with Crippen LogP contribution in [0.5, 0.6) is 5.75 Å². The zero-order valence-corrected chi connectivity index (χ0v) is 14.8. The van der Waals surface area contributed by atoms with Crippen LogP contribution in [0.25, 0.3) is 11.3 Å². The van der Waals surface area contributed by atoms with E-state index in [1.807, 2.05) is 24.3 Å². The smallest absolute Gasteiger partial charge is 0.358 e. The van der Waals surface area contributed by atoms with Crippen LogP contribution in [0.1, 0.15) is 17.4 Å². The molecule has 1 amide bonds. The number of esters is 1. The Bertz CT molecular complexity index is 922. The molecule has 0 fully saturated rings. The Hall–Kier alpha value is -3.61. The molecule has 0 unspecified atom stereocenters. The molecule has 0 radical (unpaired) electrons. The fourth-order valence-corrected chi connectivity index (χ4v) is 2.41. The molecule has 27 heavy (non-hydrogen) atoms. The van der Waals surface area contributed by atoms with Crippen LogP contribution in [0.4, 0.5) is 5.69 Å². The average molecular weight is 365 g/mol. The molecule has 0 spiro atoms. The third-order valence-electron chi connectivity index (χ3n) is 3.63. The molecule has 3 aromatic rings. The summed E-state index contributed by atoms with van der Waals surface area (Å²) in [4.78, 5) is 23.8. The first kappa shape index (κ1) is 18.2. The lowest BCUT2D eigenvalue weighted by atomic mass is 10.1. The van der Waals surface area contributed by atoms with Crippen LogP contribution in [-0.2, 0) is 9.53 Å². The average Bonchev–Trinajstić information content (AvgIpc) is 3.18. The number of ether oxygens (including phenoxy) is 2. The number of benzene rings is 2. The van der Waals surface area contributed by atoms with Gasteiger partial charge in [0.05, 0.1) is 12.3 Å². The van der Waals surface area contributed by atoms with Crippen molar-refractivity contribution in [2.45, 2.75) is 6.92 Å². The van der Waals surface area contributed by atoms with E-state index in [0.717, 1.165) is 5.56 Å². The quantitative estimate of drug-likeness (QED) is 0.627. The molecule has 2 aromatic carbocycles. The molecule has 1 heterocycles. The number of nitrogens with zero attached hydrogens (tertiary/aromatic N) is 1. The maximum atomic E-state index is 12.1. The van der Waals surface area contributed by atoms with Crippen molar-refractivity contribution >= 4 is 17.6 Å². The van der Waals surface area contributed by atoms with E-state index in [1.165, 1.54) is 0 Å². The van der Waals surface area contributed by atoms with E-state index in [0.29, 0.717) is 17.1 Å². The van der Waals surface area contributed by atoms with Gasteiger partial charge in [-0.2, -0.15) is 5.10 Å². The van der Waals surface area contributed by atoms with Gasteiger partial charge in [-0.1, -0.05) is 30.3 Å². The molecule has 0 aliphatic heterocycles. The van der Waals surface area contributed by atoms with Crippen LogP contribution in [0.2, 0.25) is 0 Å². The summed E-state index contributed by atoms with van der Waals surface area (Å²) in [7, 11) is 0. The lowest BCUT2D eigenvalue weighted by Crippen LogP contribution is -2.20. The Balaban J connectivity index is 1.63. The van der Waals surface area contributed by atoms with Crippen LogP contribution >= 0.6 is 0 Å². The maximum Gasteiger partial charge on any atom is 0.358 e. The van der Waals surface area contributed by atoms with E-state index in [1.54, 1.807) is 43.3 Å². The number of carbonyl (C=O) groups excluding carboxylic acids is 2. The van der Waals surface area contributed by atoms with Crippen molar-refractivity contribution in [2.24, 2.45) is 0 Å². The summed E-state index contributed by atoms with van der Waals surface area (Å²) in [5.74, 6) is -0.124. The van der Waals surface area contributed by atoms with Gasteiger partial charge in [-0.15, -0.1) is 0 Å². The van der Waals surface area contributed by atoms with Crippen molar-refractivity contribution in [2.75, 3.05) is 18.5 Å². The predicted octanol–water partition coefficient (Wildman–Crippen LogP) is 3.27. The first-order valence-corrected chi connectivity index (χ1v) is 8.46. The van der Waals surface area contributed by atoms with E-state index in [-0.39, 0.29) is 24.8 Å². The number of hydrogen-bond donors (Lipinski definition) is 2. The van der Waals surface area contributed by atoms with Gasteiger partial charge in [-0.25, -0.2) is 4.79 Å². The van der Waals surface area contributed by atoms with Crippen LogP contribution in [0.3, 0.4) is 0 Å². The van der Waals surface area contributed by atoms with Crippen LogP contribution < -0.4 is 10.1 Å². The van der Waals surface area contributed by atoms with Gasteiger partial charge < -0.3 is 14.8 Å². The first-order valence-electron chi connectivity index (χ1n) is 8.46. The summed E-state index contributed by atoms with van der Waals surface area (Å²) in [6.07, 6.45) is 0. The fraction of sp³-hybridized carbons (Fsp3) is 0.150. The van der Waals surface area contributed by atoms with Crippen molar-refractivity contribution in [3.63, 3.8) is 0 Å². The molecule has 0 saturated heterocycles. The number of nitrogens with one attached hydrogen (secondary N) is 2. The number of rotatable bonds is 7. The van der Waals surface area contributed by atoms with Gasteiger partial charge in [0.15, 0.2) is 12.3 Å². The van der Waals surface area contributed by atoms with E-state index in [4.69, 9.17) is 9.47 Å². The molecule has 7 nitrogen and oxygen atoms in total. The standard InChI is InChI=1S/C20H19N3O4/c1-2-26-20(25)18-12-17(22-23-18)14-7-6-8-15(11-14)21-19(24)13-27-16-9-4-3-5-10-16/h3-12H,2,13H2,1H3,(H,21,24)(H,22,23). The summed E-state index contributed by atoms with van der Waals surface area (Å²) >= 11 is 0. The van der Waals surface area contributed by atoms with Gasteiger partial charge in [0.25, 0.3) is 5.91 Å². The molecule has 0 atom stereocenters. The second-order valence-corrected chi connectivity index (χ2v) is 5.62. The Morgan fingerprint density at radius 2 is 1.89 bits per heavy atom. The number of hydrogen-bond acceptors (Lipinski definition) is 5. The zero-order valence-electron chi connectivity index (χ0n) is 14.8. The molecular formula is C20H19N3O4. The number of anilines is 1. The largest absolute Gasteiger partial charge is 0.484 e. The topological polar surface area (TPSA) is 93.3 Å². The number of H-pyrrole nitrogens is 1. The van der Waals surface area contributed by atoms with Gasteiger partial charge in [0, 0.05) is 11.3 Å². The van der Waals surface area contributed by atoms with Crippen molar-refractivity contribution < 1.29 is 19.1 Å². The molecule has 138 valence electrons. The molecule has 1 aromatic heterocycles. The number of para-hydroxylation sites is 1. The second-order valence-electron chi connectivity index (χ2n) is 5.62. The molecule has 0 saturated carbocycles. The molecule has 0 aliphatic rings. The highest BCUT2D eigenvalue weighted by Crippen LogP contribution is 2.22. The number of amides is 1. The number of aromatic amines is 1. The summed E-state index contributed by atoms with van der Waals surface area (Å²) in [6.45, 7) is 1.93. The second kappa shape index (κ2) is 8.66. The molecule has 0 aliphatic carbocycles. The van der Waals surface area contributed by atoms with E-state index in [9.17, 15) is 9.59 Å². The van der Waals surface area contributed by atoms with E-state index < -0.39 is 5.97 Å². The molecule has 3 rings (SSSR count). The number of carbonyl (C=O) groups is 2. The van der Waals surface area contributed by atoms with Crippen molar-refractivity contribution in [3.05, 3.63) is 66.4 Å². The van der Waals surface area contributed by atoms with E-state index in [2.05, 4.69) is 15.5 Å². The highest BCUT2D eigenvalue weighted by Gasteiger charge is 2.12. The normalized spacial score (nSPS) is 10.3. The molecule has 2 N–H and O–H groups in total. The van der Waals surface area contributed by atoms with Crippen molar-refractivity contribution in [3.8, 4) is 17.0 Å². The number of aromatic nitrogens is 2. The Morgan fingerprint density at radius 3 is 2.67 bits per heavy atom. The summed E-state index contributed by atoms with van der Waals surface area (Å²) in [5, 5.41) is 9.54. The molecular weight excluding hydrogens is 346 g/mol. The van der Waals surface area contributed by atoms with Gasteiger partial charge in [-0.05, 0) is 37.3 Å². The van der Waals surface area contributed by atoms with Crippen LogP contribution in [0, 0.1) is 0 Å². The maximum absolute atomic E-state index is 12.1. The fourth-order valence-electron chi connectivity index (χ4n) is 2.41. The Labute approximate surface area is 156 Å². The third-order valence-corrected chi connectivity index (χ3v) is 3.63. The minimum Gasteiger partial charge on any atom is -0.484 e. The monoisotopic (exact) mass is 365 g/mol. The lowest BCUT2D eigenvalue weighted by molar-refractivity contribution is -0.118. The lowest BCUT2D eigenvalue weighted by Gasteiger charge is -2.08. The zero-order chi connectivity index (χ0) is 19.1. The van der Waals surface area contributed by atoms with Gasteiger partial charge in [-0.3, -0.25) is 9.89 Å². The summed E-state index contributed by atoms with van der Waals surface area (Å²) < 4.78 is 10.4. The minimum atomic E-state index is -0.484. The Kier molecular flexibility index (Phi) is 5.84. The highest BCUT2D eigenvalue weighted by molar-refractivity contribution is 5.93. The third kappa shape index (κ3) is 4.94. The highest BCUT2D eigenvalue weighted by atomic mass is 16.5. The minimum absolute atomic E-state index is 0.0920. The summed E-state index contributed by atoms with van der Waals surface area (Å²) in [5.41, 5.74) is 2.24. The van der Waals surface area contributed by atoms with Crippen LogP contribution in [0.15, 0.2) is 60.7 Å². The van der Waals surface area contributed by atoms with Gasteiger partial charge in [0.1, 0.15) is 5.75 Å². The van der Waals surface area contributed by atoms with Crippen molar-refractivity contribution in [1.29, 1.82) is 0 Å². The first-order chi connectivity index (χ1) is 13.2. The molecule has 0 bridgehead atoms. The van der Waals surface area contributed by atoms with Gasteiger partial charge in [0.2, 0.25) is 0 Å². The SMILES string of the molecule is CCOC(=O)c1cc(-c2cccc(NC(=O)COc3ccccc3)c2)[nH]n1. The van der Waals surface area contributed by atoms with Gasteiger partial charge >= 0.3 is 5.97 Å². The summed E-state index contributed by atoms with van der Waals surface area (Å²) in [6, 6.07) is 17.9. The predicted molar refractivity (Wildman–Crippen MR) is 101 cm³/mol. The Morgan fingerprint density at radius 1 is 1.07 bits per heavy atom. The van der Waals surface area contributed by atoms with Crippen molar-refractivity contribution in [1.82, 2.24) is 10.2 Å². The van der Waals surface area contributed by atoms with E-state index >= 15 is 0 Å².